The van der Waals surface area contributed by atoms with Crippen molar-refractivity contribution in [2.45, 2.75) is 51.7 Å². The van der Waals surface area contributed by atoms with Crippen molar-refractivity contribution in [3.05, 3.63) is 15.6 Å². The Kier molecular flexibility index (Phi) is 3.85. The van der Waals surface area contributed by atoms with Crippen molar-refractivity contribution in [1.82, 2.24) is 9.88 Å². The van der Waals surface area contributed by atoms with Crippen molar-refractivity contribution in [3.63, 3.8) is 0 Å². The van der Waals surface area contributed by atoms with Gasteiger partial charge in [-0.3, -0.25) is 4.90 Å². The van der Waals surface area contributed by atoms with Gasteiger partial charge in [0.25, 0.3) is 0 Å². The van der Waals surface area contributed by atoms with Crippen LogP contribution in [0.5, 0.6) is 0 Å². The van der Waals surface area contributed by atoms with Crippen LogP contribution >= 0.6 is 11.3 Å². The third-order valence-corrected chi connectivity index (χ3v) is 4.57. The first-order valence-corrected chi connectivity index (χ1v) is 7.14. The number of aromatic nitrogens is 1. The van der Waals surface area contributed by atoms with Crippen molar-refractivity contribution in [1.29, 1.82) is 0 Å². The maximum atomic E-state index is 10.4. The molecule has 0 spiro atoms. The number of hydrogen-bond acceptors (Lipinski definition) is 4. The van der Waals surface area contributed by atoms with Crippen molar-refractivity contribution >= 4 is 11.3 Å². The van der Waals surface area contributed by atoms with Crippen molar-refractivity contribution in [2.24, 2.45) is 0 Å². The minimum atomic E-state index is -0.442. The lowest BCUT2D eigenvalue weighted by Crippen LogP contribution is -2.38. The van der Waals surface area contributed by atoms with Gasteiger partial charge < -0.3 is 5.11 Å². The lowest BCUT2D eigenvalue weighted by molar-refractivity contribution is 0.0147. The fourth-order valence-electron chi connectivity index (χ4n) is 2.71. The highest BCUT2D eigenvalue weighted by Gasteiger charge is 2.32. The van der Waals surface area contributed by atoms with Gasteiger partial charge in [-0.2, -0.15) is 0 Å². The van der Waals surface area contributed by atoms with E-state index in [2.05, 4.69) is 23.9 Å². The van der Waals surface area contributed by atoms with Gasteiger partial charge >= 0.3 is 0 Å². The third kappa shape index (κ3) is 3.27. The van der Waals surface area contributed by atoms with E-state index in [4.69, 9.17) is 0 Å². The highest BCUT2D eigenvalue weighted by molar-refractivity contribution is 7.11. The van der Waals surface area contributed by atoms with Crippen LogP contribution < -0.4 is 0 Å². The molecule has 1 fully saturated rings. The predicted molar refractivity (Wildman–Crippen MR) is 71.3 cm³/mol. The van der Waals surface area contributed by atoms with Crippen LogP contribution in [0.1, 0.15) is 41.3 Å². The molecular weight excluding hydrogens is 232 g/mol. The molecule has 0 bridgehead atoms. The van der Waals surface area contributed by atoms with E-state index in [9.17, 15) is 5.11 Å². The van der Waals surface area contributed by atoms with E-state index in [1.807, 2.05) is 6.92 Å². The lowest BCUT2D eigenvalue weighted by Gasteiger charge is -2.28. The number of rotatable bonds is 4. The summed E-state index contributed by atoms with van der Waals surface area (Å²) in [6.45, 7) is 5.80. The Labute approximate surface area is 107 Å². The van der Waals surface area contributed by atoms with Crippen LogP contribution in [-0.2, 0) is 6.54 Å². The first-order valence-electron chi connectivity index (χ1n) is 6.32. The molecule has 1 aliphatic rings. The van der Waals surface area contributed by atoms with Gasteiger partial charge in [0.1, 0.15) is 0 Å². The normalized spacial score (nSPS) is 19.1. The molecule has 0 aromatic carbocycles. The van der Waals surface area contributed by atoms with Gasteiger partial charge in [-0.15, -0.1) is 11.3 Å². The van der Waals surface area contributed by atoms with E-state index in [0.29, 0.717) is 0 Å². The molecule has 4 heteroatoms. The summed E-state index contributed by atoms with van der Waals surface area (Å²) in [5.74, 6) is 0. The Hall–Kier alpha value is -0.450. The van der Waals surface area contributed by atoms with Crippen LogP contribution in [-0.4, -0.2) is 34.2 Å². The SMILES string of the molecule is Cc1nc(C)c(CN(C)CC2(O)CCCC2)s1. The number of hydrogen-bond donors (Lipinski definition) is 1. The summed E-state index contributed by atoms with van der Waals surface area (Å²) in [6, 6.07) is 0. The Balaban J connectivity index is 1.93. The molecule has 1 saturated carbocycles. The topological polar surface area (TPSA) is 36.4 Å². The van der Waals surface area contributed by atoms with Crippen LogP contribution in [0.15, 0.2) is 0 Å². The van der Waals surface area contributed by atoms with Gasteiger partial charge in [0, 0.05) is 18.0 Å². The maximum Gasteiger partial charge on any atom is 0.0900 e. The fourth-order valence-corrected chi connectivity index (χ4v) is 3.73. The maximum absolute atomic E-state index is 10.4. The highest BCUT2D eigenvalue weighted by atomic mass is 32.1. The van der Waals surface area contributed by atoms with Gasteiger partial charge in [0.05, 0.1) is 16.3 Å². The molecule has 1 aromatic heterocycles. The molecule has 0 unspecified atom stereocenters. The molecular formula is C13H22N2OS. The number of aryl methyl sites for hydroxylation is 2. The van der Waals surface area contributed by atoms with E-state index >= 15 is 0 Å². The van der Waals surface area contributed by atoms with E-state index < -0.39 is 5.60 Å². The summed E-state index contributed by atoms with van der Waals surface area (Å²) in [5, 5.41) is 11.5. The van der Waals surface area contributed by atoms with Gasteiger partial charge in [-0.05, 0) is 33.7 Å². The molecule has 0 atom stereocenters. The molecule has 2 rings (SSSR count). The number of aliphatic hydroxyl groups is 1. The van der Waals surface area contributed by atoms with Gasteiger partial charge in [0.2, 0.25) is 0 Å². The smallest absolute Gasteiger partial charge is 0.0900 e. The second-order valence-electron chi connectivity index (χ2n) is 5.35. The Morgan fingerprint density at radius 1 is 1.35 bits per heavy atom. The van der Waals surface area contributed by atoms with Crippen molar-refractivity contribution in [2.75, 3.05) is 13.6 Å². The monoisotopic (exact) mass is 254 g/mol. The average Bonchev–Trinajstić information content (AvgIpc) is 2.74. The molecule has 1 heterocycles. The Morgan fingerprint density at radius 3 is 2.53 bits per heavy atom. The van der Waals surface area contributed by atoms with E-state index in [0.717, 1.165) is 36.6 Å². The summed E-state index contributed by atoms with van der Waals surface area (Å²) in [6.07, 6.45) is 4.25. The first kappa shape index (κ1) is 13.0. The molecule has 0 saturated heterocycles. The Bertz CT molecular complexity index is 383. The van der Waals surface area contributed by atoms with E-state index in [-0.39, 0.29) is 0 Å². The van der Waals surface area contributed by atoms with Crippen LogP contribution in [0.25, 0.3) is 0 Å². The zero-order chi connectivity index (χ0) is 12.5. The molecule has 1 N–H and O–H groups in total. The zero-order valence-electron chi connectivity index (χ0n) is 11.0. The van der Waals surface area contributed by atoms with Crippen LogP contribution in [0.4, 0.5) is 0 Å². The summed E-state index contributed by atoms with van der Waals surface area (Å²) >= 11 is 1.77. The number of thiazole rings is 1. The molecule has 1 aliphatic carbocycles. The second-order valence-corrected chi connectivity index (χ2v) is 6.63. The molecule has 0 radical (unpaired) electrons. The largest absolute Gasteiger partial charge is 0.389 e. The molecule has 3 nitrogen and oxygen atoms in total. The van der Waals surface area contributed by atoms with Gasteiger partial charge in [0.15, 0.2) is 0 Å². The van der Waals surface area contributed by atoms with Crippen molar-refractivity contribution in [3.8, 4) is 0 Å². The number of likely N-dealkylation sites (N-methyl/N-ethyl adjacent to an activating group) is 1. The Morgan fingerprint density at radius 2 is 2.00 bits per heavy atom. The number of nitrogens with zero attached hydrogens (tertiary/aromatic N) is 2. The minimum absolute atomic E-state index is 0.442. The molecule has 1 aromatic rings. The zero-order valence-corrected chi connectivity index (χ0v) is 11.8. The van der Waals surface area contributed by atoms with Crippen LogP contribution in [0.2, 0.25) is 0 Å². The minimum Gasteiger partial charge on any atom is -0.389 e. The molecule has 0 amide bonds. The third-order valence-electron chi connectivity index (χ3n) is 3.51. The summed E-state index contributed by atoms with van der Waals surface area (Å²) in [4.78, 5) is 8.00. The summed E-state index contributed by atoms with van der Waals surface area (Å²) < 4.78 is 0. The standard InChI is InChI=1S/C13H22N2OS/c1-10-12(17-11(2)14-10)8-15(3)9-13(16)6-4-5-7-13/h16H,4-9H2,1-3H3. The summed E-state index contributed by atoms with van der Waals surface area (Å²) in [7, 11) is 2.09. The lowest BCUT2D eigenvalue weighted by atomic mass is 10.0. The second kappa shape index (κ2) is 5.04. The molecule has 17 heavy (non-hydrogen) atoms. The van der Waals surface area contributed by atoms with Gasteiger partial charge in [-0.25, -0.2) is 4.98 Å². The van der Waals surface area contributed by atoms with Crippen LogP contribution in [0.3, 0.4) is 0 Å². The van der Waals surface area contributed by atoms with Gasteiger partial charge in [-0.1, -0.05) is 12.8 Å². The quantitative estimate of drug-likeness (QED) is 0.897. The van der Waals surface area contributed by atoms with E-state index in [1.165, 1.54) is 17.7 Å². The molecule has 0 aliphatic heterocycles. The average molecular weight is 254 g/mol. The predicted octanol–water partition coefficient (Wildman–Crippen LogP) is 2.50. The summed E-state index contributed by atoms with van der Waals surface area (Å²) in [5.41, 5.74) is 0.695. The van der Waals surface area contributed by atoms with Crippen LogP contribution in [0, 0.1) is 13.8 Å². The highest BCUT2D eigenvalue weighted by Crippen LogP contribution is 2.30. The first-order chi connectivity index (χ1) is 7.98. The van der Waals surface area contributed by atoms with Crippen molar-refractivity contribution < 1.29 is 5.11 Å². The van der Waals surface area contributed by atoms with E-state index in [1.54, 1.807) is 11.3 Å². The fraction of sp³-hybridized carbons (Fsp3) is 0.769. The molecule has 96 valence electrons.